The van der Waals surface area contributed by atoms with Gasteiger partial charge in [0.15, 0.2) is 0 Å². The van der Waals surface area contributed by atoms with E-state index in [1.54, 1.807) is 0 Å². The number of hydrogen-bond acceptors (Lipinski definition) is 3. The highest BCUT2D eigenvalue weighted by molar-refractivity contribution is 5.60. The standard InChI is InChI=1S/C17H20N2O/c1-17(2)16(14(11-18)12-20-17)10-7-13-5-8-15(9-6-13)19(3)4/h5-10H,12H2,1-4H3. The molecule has 1 aromatic carbocycles. The Labute approximate surface area is 120 Å². The predicted octanol–water partition coefficient (Wildman–Crippen LogP) is 3.39. The summed E-state index contributed by atoms with van der Waals surface area (Å²) in [6.45, 7) is 4.39. The van der Waals surface area contributed by atoms with E-state index in [0.717, 1.165) is 16.7 Å². The maximum absolute atomic E-state index is 9.14. The lowest BCUT2D eigenvalue weighted by molar-refractivity contribution is 0.0512. The Morgan fingerprint density at radius 3 is 2.40 bits per heavy atom. The van der Waals surface area contributed by atoms with Crippen molar-refractivity contribution in [2.24, 2.45) is 0 Å². The molecule has 3 heteroatoms. The molecule has 104 valence electrons. The minimum absolute atomic E-state index is 0.384. The van der Waals surface area contributed by atoms with Gasteiger partial charge in [0.25, 0.3) is 0 Å². The smallest absolute Gasteiger partial charge is 0.0975 e. The van der Waals surface area contributed by atoms with Gasteiger partial charge in [-0.1, -0.05) is 24.3 Å². The van der Waals surface area contributed by atoms with Crippen LogP contribution in [0.15, 0.2) is 41.5 Å². The number of nitriles is 1. The maximum atomic E-state index is 9.14. The molecule has 0 aromatic heterocycles. The van der Waals surface area contributed by atoms with Crippen LogP contribution in [-0.4, -0.2) is 26.3 Å². The van der Waals surface area contributed by atoms with E-state index in [0.29, 0.717) is 6.61 Å². The monoisotopic (exact) mass is 268 g/mol. The average molecular weight is 268 g/mol. The molecule has 0 bridgehead atoms. The van der Waals surface area contributed by atoms with E-state index in [9.17, 15) is 0 Å². The number of rotatable bonds is 3. The van der Waals surface area contributed by atoms with Gasteiger partial charge in [-0.2, -0.15) is 5.26 Å². The van der Waals surface area contributed by atoms with Gasteiger partial charge >= 0.3 is 0 Å². The van der Waals surface area contributed by atoms with E-state index in [-0.39, 0.29) is 5.60 Å². The number of benzene rings is 1. The number of nitrogens with zero attached hydrogens (tertiary/aromatic N) is 2. The van der Waals surface area contributed by atoms with Crippen molar-refractivity contribution in [3.8, 4) is 6.07 Å². The Hall–Kier alpha value is -2.05. The molecule has 20 heavy (non-hydrogen) atoms. The minimum Gasteiger partial charge on any atom is -0.378 e. The second-order valence-electron chi connectivity index (χ2n) is 5.62. The number of hydrogen-bond donors (Lipinski definition) is 0. The molecular weight excluding hydrogens is 248 g/mol. The number of anilines is 1. The molecule has 1 aliphatic rings. The Morgan fingerprint density at radius 1 is 1.20 bits per heavy atom. The van der Waals surface area contributed by atoms with Crippen LogP contribution in [0.2, 0.25) is 0 Å². The molecule has 0 amide bonds. The molecular formula is C17H20N2O. The van der Waals surface area contributed by atoms with Crippen LogP contribution in [0, 0.1) is 11.3 Å². The lowest BCUT2D eigenvalue weighted by Gasteiger charge is -2.19. The molecule has 0 unspecified atom stereocenters. The highest BCUT2D eigenvalue weighted by Crippen LogP contribution is 2.32. The van der Waals surface area contributed by atoms with Crippen molar-refractivity contribution in [2.45, 2.75) is 19.4 Å². The fourth-order valence-electron chi connectivity index (χ4n) is 2.23. The third kappa shape index (κ3) is 2.92. The summed E-state index contributed by atoms with van der Waals surface area (Å²) in [5, 5.41) is 9.14. The van der Waals surface area contributed by atoms with Gasteiger partial charge in [-0.15, -0.1) is 0 Å². The molecule has 0 atom stereocenters. The topological polar surface area (TPSA) is 36.3 Å². The third-order valence-corrected chi connectivity index (χ3v) is 3.54. The van der Waals surface area contributed by atoms with Gasteiger partial charge in [-0.05, 0) is 37.1 Å². The summed E-state index contributed by atoms with van der Waals surface area (Å²) in [5.41, 5.74) is 3.59. The molecule has 1 aromatic rings. The lowest BCUT2D eigenvalue weighted by Crippen LogP contribution is -2.20. The second kappa shape index (κ2) is 5.52. The Kier molecular flexibility index (Phi) is 3.96. The zero-order valence-electron chi connectivity index (χ0n) is 12.5. The minimum atomic E-state index is -0.384. The molecule has 0 spiro atoms. The summed E-state index contributed by atoms with van der Waals surface area (Å²) in [4.78, 5) is 2.07. The Balaban J connectivity index is 2.23. The summed E-state index contributed by atoms with van der Waals surface area (Å²) in [6.07, 6.45) is 4.03. The van der Waals surface area contributed by atoms with Gasteiger partial charge in [0, 0.05) is 19.8 Å². The van der Waals surface area contributed by atoms with Gasteiger partial charge < -0.3 is 9.64 Å². The van der Waals surface area contributed by atoms with Crippen LogP contribution in [0.1, 0.15) is 19.4 Å². The van der Waals surface area contributed by atoms with E-state index in [1.165, 1.54) is 5.69 Å². The first-order chi connectivity index (χ1) is 9.44. The van der Waals surface area contributed by atoms with Gasteiger partial charge in [0.1, 0.15) is 0 Å². The summed E-state index contributed by atoms with van der Waals surface area (Å²) >= 11 is 0. The molecule has 0 aliphatic carbocycles. The zero-order valence-corrected chi connectivity index (χ0v) is 12.5. The molecule has 0 saturated heterocycles. The molecule has 0 radical (unpaired) electrons. The Morgan fingerprint density at radius 2 is 1.85 bits per heavy atom. The van der Waals surface area contributed by atoms with Crippen LogP contribution in [-0.2, 0) is 4.74 Å². The van der Waals surface area contributed by atoms with Crippen LogP contribution in [0.25, 0.3) is 6.08 Å². The SMILES string of the molecule is CN(C)c1ccc(C=CC2=C(C#N)COC2(C)C)cc1. The second-order valence-corrected chi connectivity index (χ2v) is 5.62. The molecule has 0 N–H and O–H groups in total. The summed E-state index contributed by atoms with van der Waals surface area (Å²) < 4.78 is 5.64. The van der Waals surface area contributed by atoms with Gasteiger partial charge in [0.2, 0.25) is 0 Å². The zero-order chi connectivity index (χ0) is 14.8. The van der Waals surface area contributed by atoms with E-state index < -0.39 is 0 Å². The first-order valence-electron chi connectivity index (χ1n) is 6.67. The van der Waals surface area contributed by atoms with E-state index >= 15 is 0 Å². The van der Waals surface area contributed by atoms with Crippen molar-refractivity contribution < 1.29 is 4.74 Å². The van der Waals surface area contributed by atoms with Crippen molar-refractivity contribution in [1.82, 2.24) is 0 Å². The fourth-order valence-corrected chi connectivity index (χ4v) is 2.23. The highest BCUT2D eigenvalue weighted by atomic mass is 16.5. The van der Waals surface area contributed by atoms with Crippen LogP contribution in [0.3, 0.4) is 0 Å². The third-order valence-electron chi connectivity index (χ3n) is 3.54. The molecule has 1 heterocycles. The van der Waals surface area contributed by atoms with Crippen LogP contribution < -0.4 is 4.90 Å². The summed E-state index contributed by atoms with van der Waals surface area (Å²) in [5.74, 6) is 0. The Bertz CT molecular complexity index is 586. The lowest BCUT2D eigenvalue weighted by atomic mass is 9.95. The van der Waals surface area contributed by atoms with E-state index in [4.69, 9.17) is 10.00 Å². The molecule has 1 aliphatic heterocycles. The summed E-state index contributed by atoms with van der Waals surface area (Å²) in [7, 11) is 4.04. The molecule has 0 saturated carbocycles. The van der Waals surface area contributed by atoms with Crippen molar-refractivity contribution >= 4 is 11.8 Å². The van der Waals surface area contributed by atoms with Crippen molar-refractivity contribution in [2.75, 3.05) is 25.6 Å². The normalized spacial score (nSPS) is 17.6. The summed E-state index contributed by atoms with van der Waals surface area (Å²) in [6, 6.07) is 10.5. The van der Waals surface area contributed by atoms with Crippen molar-refractivity contribution in [3.63, 3.8) is 0 Å². The first-order valence-corrected chi connectivity index (χ1v) is 6.67. The van der Waals surface area contributed by atoms with Crippen LogP contribution >= 0.6 is 0 Å². The van der Waals surface area contributed by atoms with Crippen LogP contribution in [0.5, 0.6) is 0 Å². The fraction of sp³-hybridized carbons (Fsp3) is 0.353. The largest absolute Gasteiger partial charge is 0.378 e. The van der Waals surface area contributed by atoms with Crippen molar-refractivity contribution in [3.05, 3.63) is 47.1 Å². The molecule has 0 fully saturated rings. The van der Waals surface area contributed by atoms with Gasteiger partial charge in [-0.3, -0.25) is 0 Å². The van der Waals surface area contributed by atoms with Gasteiger partial charge in [0.05, 0.1) is 23.9 Å². The predicted molar refractivity (Wildman–Crippen MR) is 82.5 cm³/mol. The van der Waals surface area contributed by atoms with Crippen LogP contribution in [0.4, 0.5) is 5.69 Å². The van der Waals surface area contributed by atoms with Gasteiger partial charge in [-0.25, -0.2) is 0 Å². The quantitative estimate of drug-likeness (QED) is 0.843. The van der Waals surface area contributed by atoms with E-state index in [1.807, 2.05) is 40.1 Å². The average Bonchev–Trinajstić information content (AvgIpc) is 2.71. The molecule has 3 nitrogen and oxygen atoms in total. The highest BCUT2D eigenvalue weighted by Gasteiger charge is 2.31. The van der Waals surface area contributed by atoms with Crippen molar-refractivity contribution in [1.29, 1.82) is 5.26 Å². The molecule has 2 rings (SSSR count). The maximum Gasteiger partial charge on any atom is 0.0975 e. The van der Waals surface area contributed by atoms with E-state index in [2.05, 4.69) is 35.2 Å². The first kappa shape index (κ1) is 14.4. The number of ether oxygens (including phenoxy) is 1.